The van der Waals surface area contributed by atoms with Gasteiger partial charge in [0.25, 0.3) is 0 Å². The molecule has 0 N–H and O–H groups in total. The van der Waals surface area contributed by atoms with Gasteiger partial charge in [0.1, 0.15) is 5.78 Å². The predicted molar refractivity (Wildman–Crippen MR) is 69.3 cm³/mol. The molecule has 0 aliphatic heterocycles. The van der Waals surface area contributed by atoms with Gasteiger partial charge in [-0.05, 0) is 39.0 Å². The number of hydrogen-bond acceptors (Lipinski definition) is 1. The minimum absolute atomic E-state index is 0.239. The van der Waals surface area contributed by atoms with Gasteiger partial charge in [-0.25, -0.2) is 0 Å². The lowest BCUT2D eigenvalue weighted by Gasteiger charge is -2.23. The molecule has 0 heterocycles. The molecule has 0 amide bonds. The first kappa shape index (κ1) is 13.2. The van der Waals surface area contributed by atoms with Crippen LogP contribution in [0.2, 0.25) is 0 Å². The Morgan fingerprint density at radius 1 is 1.38 bits per heavy atom. The van der Waals surface area contributed by atoms with Gasteiger partial charge in [0, 0.05) is 12.3 Å². The predicted octanol–water partition coefficient (Wildman–Crippen LogP) is 4.29. The third-order valence-corrected chi connectivity index (χ3v) is 3.62. The minimum Gasteiger partial charge on any atom is -0.300 e. The molecule has 1 aliphatic carbocycles. The van der Waals surface area contributed by atoms with Crippen molar-refractivity contribution in [3.63, 3.8) is 0 Å². The number of carbonyl (C=O) groups is 1. The van der Waals surface area contributed by atoms with E-state index >= 15 is 0 Å². The molecule has 0 aromatic carbocycles. The average molecular weight is 220 g/mol. The number of ketones is 1. The molecule has 0 spiro atoms. The van der Waals surface area contributed by atoms with Crippen LogP contribution in [0.25, 0.3) is 0 Å². The number of Topliss-reactive ketones (excluding diaryl/α,β-unsaturated/α-hetero) is 1. The van der Waals surface area contributed by atoms with Crippen LogP contribution >= 0.6 is 0 Å². The molecule has 0 aromatic heterocycles. The standard InChI is InChI=1S/C15H24O/c1-10(2)13-12(4)14(13)15(5,6)9-7-8-11(3)16/h13H,1,7-9H2,2-6H3. The van der Waals surface area contributed by atoms with E-state index in [4.69, 9.17) is 0 Å². The van der Waals surface area contributed by atoms with Crippen LogP contribution in [-0.4, -0.2) is 5.78 Å². The molecule has 1 atom stereocenters. The SMILES string of the molecule is C=C(C)C1C(C)=C1C(C)(C)CCCC(C)=O. The van der Waals surface area contributed by atoms with Crippen molar-refractivity contribution < 1.29 is 4.79 Å². The molecule has 0 saturated heterocycles. The summed E-state index contributed by atoms with van der Waals surface area (Å²) < 4.78 is 0. The van der Waals surface area contributed by atoms with Gasteiger partial charge in [-0.1, -0.05) is 37.1 Å². The fraction of sp³-hybridized carbons (Fsp3) is 0.667. The van der Waals surface area contributed by atoms with Gasteiger partial charge in [-0.2, -0.15) is 0 Å². The summed E-state index contributed by atoms with van der Waals surface area (Å²) in [5.74, 6) is 0.848. The summed E-state index contributed by atoms with van der Waals surface area (Å²) in [5.41, 5.74) is 4.55. The molecule has 90 valence electrons. The Morgan fingerprint density at radius 3 is 2.31 bits per heavy atom. The normalized spacial score (nSPS) is 19.9. The lowest BCUT2D eigenvalue weighted by atomic mass is 9.81. The smallest absolute Gasteiger partial charge is 0.129 e. The highest BCUT2D eigenvalue weighted by molar-refractivity contribution is 5.75. The summed E-state index contributed by atoms with van der Waals surface area (Å²) in [4.78, 5) is 10.9. The van der Waals surface area contributed by atoms with Crippen molar-refractivity contribution >= 4 is 5.78 Å². The highest BCUT2D eigenvalue weighted by atomic mass is 16.1. The van der Waals surface area contributed by atoms with E-state index in [0.717, 1.165) is 12.8 Å². The van der Waals surface area contributed by atoms with Crippen LogP contribution in [0.5, 0.6) is 0 Å². The molecule has 16 heavy (non-hydrogen) atoms. The Hall–Kier alpha value is -0.850. The molecule has 1 aliphatic rings. The first-order valence-corrected chi connectivity index (χ1v) is 6.13. The first-order chi connectivity index (χ1) is 7.27. The van der Waals surface area contributed by atoms with Crippen molar-refractivity contribution in [3.05, 3.63) is 23.3 Å². The Labute approximate surface area is 99.6 Å². The lowest BCUT2D eigenvalue weighted by molar-refractivity contribution is -0.117. The highest BCUT2D eigenvalue weighted by Crippen LogP contribution is 2.54. The zero-order valence-electron chi connectivity index (χ0n) is 11.3. The maximum Gasteiger partial charge on any atom is 0.129 e. The van der Waals surface area contributed by atoms with E-state index in [1.165, 1.54) is 11.1 Å². The highest BCUT2D eigenvalue weighted by Gasteiger charge is 2.42. The molecule has 1 heteroatoms. The summed E-state index contributed by atoms with van der Waals surface area (Å²) in [6, 6.07) is 0. The number of hydrogen-bond donors (Lipinski definition) is 0. The Kier molecular flexibility index (Phi) is 3.77. The van der Waals surface area contributed by atoms with Crippen LogP contribution in [-0.2, 0) is 4.79 Å². The number of allylic oxidation sites excluding steroid dienone is 3. The number of rotatable bonds is 6. The summed E-state index contributed by atoms with van der Waals surface area (Å²) in [6.45, 7) is 14.6. The fourth-order valence-electron chi connectivity index (χ4n) is 2.78. The molecule has 0 saturated carbocycles. The average Bonchev–Trinajstić information content (AvgIpc) is 2.76. The van der Waals surface area contributed by atoms with Gasteiger partial charge in [0.05, 0.1) is 0 Å². The third-order valence-electron chi connectivity index (χ3n) is 3.62. The Bertz CT molecular complexity index is 344. The molecule has 0 radical (unpaired) electrons. The topological polar surface area (TPSA) is 17.1 Å². The van der Waals surface area contributed by atoms with Gasteiger partial charge < -0.3 is 4.79 Å². The van der Waals surface area contributed by atoms with Crippen molar-refractivity contribution in [2.75, 3.05) is 0 Å². The van der Waals surface area contributed by atoms with Gasteiger partial charge in [0.15, 0.2) is 0 Å². The van der Waals surface area contributed by atoms with Crippen LogP contribution in [0, 0.1) is 11.3 Å². The lowest BCUT2D eigenvalue weighted by Crippen LogP contribution is -2.12. The van der Waals surface area contributed by atoms with Crippen molar-refractivity contribution in [2.45, 2.75) is 53.9 Å². The molecule has 1 rings (SSSR count). The first-order valence-electron chi connectivity index (χ1n) is 6.13. The van der Waals surface area contributed by atoms with Gasteiger partial charge in [-0.15, -0.1) is 0 Å². The van der Waals surface area contributed by atoms with E-state index in [-0.39, 0.29) is 5.41 Å². The van der Waals surface area contributed by atoms with Crippen LogP contribution in [0.4, 0.5) is 0 Å². The van der Waals surface area contributed by atoms with Crippen molar-refractivity contribution in [3.8, 4) is 0 Å². The second-order valence-corrected chi connectivity index (χ2v) is 5.82. The summed E-state index contributed by atoms with van der Waals surface area (Å²) >= 11 is 0. The van der Waals surface area contributed by atoms with Gasteiger partial charge in [0.2, 0.25) is 0 Å². The second-order valence-electron chi connectivity index (χ2n) is 5.82. The molecule has 0 fully saturated rings. The monoisotopic (exact) mass is 220 g/mol. The van der Waals surface area contributed by atoms with Crippen LogP contribution in [0.3, 0.4) is 0 Å². The molecule has 1 unspecified atom stereocenters. The Morgan fingerprint density at radius 2 is 1.94 bits per heavy atom. The fourth-order valence-corrected chi connectivity index (χ4v) is 2.78. The third kappa shape index (κ3) is 2.84. The largest absolute Gasteiger partial charge is 0.300 e. The van der Waals surface area contributed by atoms with Crippen LogP contribution in [0.1, 0.15) is 53.9 Å². The quantitative estimate of drug-likeness (QED) is 0.610. The van der Waals surface area contributed by atoms with Crippen LogP contribution < -0.4 is 0 Å². The zero-order valence-corrected chi connectivity index (χ0v) is 11.3. The summed E-state index contributed by atoms with van der Waals surface area (Å²) in [7, 11) is 0. The summed E-state index contributed by atoms with van der Waals surface area (Å²) in [6.07, 6.45) is 2.82. The summed E-state index contributed by atoms with van der Waals surface area (Å²) in [5, 5.41) is 0. The minimum atomic E-state index is 0.239. The second kappa shape index (κ2) is 4.57. The van der Waals surface area contributed by atoms with Crippen molar-refractivity contribution in [1.82, 2.24) is 0 Å². The van der Waals surface area contributed by atoms with E-state index in [2.05, 4.69) is 34.3 Å². The molecular formula is C15H24O. The molecule has 0 bridgehead atoms. The molecule has 1 nitrogen and oxygen atoms in total. The van der Waals surface area contributed by atoms with Crippen molar-refractivity contribution in [2.24, 2.45) is 11.3 Å². The zero-order chi connectivity index (χ0) is 12.5. The van der Waals surface area contributed by atoms with Gasteiger partial charge in [-0.3, -0.25) is 0 Å². The van der Waals surface area contributed by atoms with E-state index in [0.29, 0.717) is 18.1 Å². The van der Waals surface area contributed by atoms with Crippen LogP contribution in [0.15, 0.2) is 23.3 Å². The molecule has 0 aromatic rings. The maximum atomic E-state index is 10.9. The maximum absolute atomic E-state index is 10.9. The van der Waals surface area contributed by atoms with Crippen molar-refractivity contribution in [1.29, 1.82) is 0 Å². The number of carbonyl (C=O) groups excluding carboxylic acids is 1. The Balaban J connectivity index is 2.52. The van der Waals surface area contributed by atoms with E-state index in [9.17, 15) is 4.79 Å². The van der Waals surface area contributed by atoms with Gasteiger partial charge >= 0.3 is 0 Å². The molecular weight excluding hydrogens is 196 g/mol. The van der Waals surface area contributed by atoms with E-state index in [1.807, 2.05) is 0 Å². The van der Waals surface area contributed by atoms with E-state index in [1.54, 1.807) is 12.5 Å². The van der Waals surface area contributed by atoms with E-state index < -0.39 is 0 Å².